The number of hydrogen-bond acceptors (Lipinski definition) is 4. The maximum Gasteiger partial charge on any atom is 0.123 e. The number of benzene rings is 1. The first-order chi connectivity index (χ1) is 8.67. The van der Waals surface area contributed by atoms with E-state index in [1.807, 2.05) is 30.0 Å². The molecule has 3 N–H and O–H groups in total. The Morgan fingerprint density at radius 1 is 1.39 bits per heavy atom. The SMILES string of the molecule is CCCOc1cc(N)cc(NCC2(SC)CC2)c1. The van der Waals surface area contributed by atoms with E-state index in [1.54, 1.807) is 0 Å². The van der Waals surface area contributed by atoms with E-state index in [2.05, 4.69) is 18.5 Å². The third-order valence-corrected chi connectivity index (χ3v) is 4.68. The fourth-order valence-corrected chi connectivity index (χ4v) is 2.61. The van der Waals surface area contributed by atoms with Crippen LogP contribution in [0.15, 0.2) is 18.2 Å². The van der Waals surface area contributed by atoms with Crippen LogP contribution >= 0.6 is 11.8 Å². The van der Waals surface area contributed by atoms with E-state index in [9.17, 15) is 0 Å². The normalized spacial score (nSPS) is 16.3. The van der Waals surface area contributed by atoms with Crippen LogP contribution in [0.25, 0.3) is 0 Å². The number of hydrogen-bond donors (Lipinski definition) is 2. The van der Waals surface area contributed by atoms with E-state index in [4.69, 9.17) is 10.5 Å². The minimum Gasteiger partial charge on any atom is -0.493 e. The number of thioether (sulfide) groups is 1. The Morgan fingerprint density at radius 2 is 2.17 bits per heavy atom. The number of nitrogens with two attached hydrogens (primary N) is 1. The molecule has 100 valence electrons. The Bertz CT molecular complexity index is 405. The summed E-state index contributed by atoms with van der Waals surface area (Å²) >= 11 is 1.95. The van der Waals surface area contributed by atoms with Gasteiger partial charge in [-0.1, -0.05) is 6.92 Å². The van der Waals surface area contributed by atoms with Crippen LogP contribution in [-0.4, -0.2) is 24.2 Å². The van der Waals surface area contributed by atoms with Crippen molar-refractivity contribution in [1.82, 2.24) is 0 Å². The van der Waals surface area contributed by atoms with Gasteiger partial charge in [-0.15, -0.1) is 0 Å². The summed E-state index contributed by atoms with van der Waals surface area (Å²) in [4.78, 5) is 0. The second kappa shape index (κ2) is 5.74. The van der Waals surface area contributed by atoms with Crippen LogP contribution in [-0.2, 0) is 0 Å². The van der Waals surface area contributed by atoms with Crippen molar-refractivity contribution >= 4 is 23.1 Å². The molecule has 0 heterocycles. The zero-order valence-electron chi connectivity index (χ0n) is 11.2. The number of rotatable bonds is 7. The molecule has 1 saturated carbocycles. The Balaban J connectivity index is 1.96. The minimum atomic E-state index is 0.453. The Kier molecular flexibility index (Phi) is 4.27. The highest BCUT2D eigenvalue weighted by Gasteiger charge is 2.41. The molecule has 0 aliphatic heterocycles. The lowest BCUT2D eigenvalue weighted by molar-refractivity contribution is 0.318. The Morgan fingerprint density at radius 3 is 2.78 bits per heavy atom. The van der Waals surface area contributed by atoms with Gasteiger partial charge in [-0.3, -0.25) is 0 Å². The fourth-order valence-electron chi connectivity index (χ4n) is 1.88. The molecule has 2 rings (SSSR count). The predicted octanol–water partition coefficient (Wildman–Crippen LogP) is 3.37. The van der Waals surface area contributed by atoms with Gasteiger partial charge < -0.3 is 15.8 Å². The van der Waals surface area contributed by atoms with Crippen LogP contribution in [0.5, 0.6) is 5.75 Å². The fraction of sp³-hybridized carbons (Fsp3) is 0.571. The van der Waals surface area contributed by atoms with Gasteiger partial charge in [0.1, 0.15) is 5.75 Å². The van der Waals surface area contributed by atoms with Crippen molar-refractivity contribution in [2.45, 2.75) is 30.9 Å². The number of nitrogens with one attached hydrogen (secondary N) is 1. The average Bonchev–Trinajstić information content (AvgIpc) is 3.14. The lowest BCUT2D eigenvalue weighted by Crippen LogP contribution is -2.17. The van der Waals surface area contributed by atoms with Gasteiger partial charge in [0.25, 0.3) is 0 Å². The quantitative estimate of drug-likeness (QED) is 0.743. The largest absolute Gasteiger partial charge is 0.493 e. The van der Waals surface area contributed by atoms with Crippen molar-refractivity contribution in [3.63, 3.8) is 0 Å². The summed E-state index contributed by atoms with van der Waals surface area (Å²) in [6.07, 6.45) is 5.81. The zero-order chi connectivity index (χ0) is 13.0. The molecular weight excluding hydrogens is 244 g/mol. The summed E-state index contributed by atoms with van der Waals surface area (Å²) in [5, 5.41) is 3.48. The summed E-state index contributed by atoms with van der Waals surface area (Å²) in [5.41, 5.74) is 7.70. The molecule has 3 nitrogen and oxygen atoms in total. The van der Waals surface area contributed by atoms with Crippen LogP contribution in [0.3, 0.4) is 0 Å². The molecule has 1 aliphatic carbocycles. The summed E-state index contributed by atoms with van der Waals surface area (Å²) in [7, 11) is 0. The van der Waals surface area contributed by atoms with E-state index in [0.717, 1.165) is 36.7 Å². The van der Waals surface area contributed by atoms with Crippen LogP contribution < -0.4 is 15.8 Å². The molecule has 0 aromatic heterocycles. The van der Waals surface area contributed by atoms with Crippen molar-refractivity contribution < 1.29 is 4.74 Å². The van der Waals surface area contributed by atoms with Crippen LogP contribution in [0.4, 0.5) is 11.4 Å². The van der Waals surface area contributed by atoms with Gasteiger partial charge in [0.05, 0.1) is 6.61 Å². The Labute approximate surface area is 113 Å². The molecule has 1 aromatic rings. The standard InChI is InChI=1S/C14H22N2OS/c1-3-6-17-13-8-11(15)7-12(9-13)16-10-14(18-2)4-5-14/h7-9,16H,3-6,10,15H2,1-2H3. The van der Waals surface area contributed by atoms with E-state index in [0.29, 0.717) is 4.75 Å². The van der Waals surface area contributed by atoms with E-state index in [-0.39, 0.29) is 0 Å². The van der Waals surface area contributed by atoms with E-state index >= 15 is 0 Å². The van der Waals surface area contributed by atoms with Gasteiger partial charge in [0.15, 0.2) is 0 Å². The molecule has 18 heavy (non-hydrogen) atoms. The average molecular weight is 266 g/mol. The monoisotopic (exact) mass is 266 g/mol. The van der Waals surface area contributed by atoms with Crippen molar-refractivity contribution in [3.8, 4) is 5.75 Å². The lowest BCUT2D eigenvalue weighted by atomic mass is 10.2. The minimum absolute atomic E-state index is 0.453. The molecule has 0 radical (unpaired) electrons. The van der Waals surface area contributed by atoms with E-state index < -0.39 is 0 Å². The second-order valence-corrected chi connectivity index (χ2v) is 6.15. The van der Waals surface area contributed by atoms with Gasteiger partial charge in [-0.25, -0.2) is 0 Å². The lowest BCUT2D eigenvalue weighted by Gasteiger charge is -2.15. The first kappa shape index (κ1) is 13.4. The zero-order valence-corrected chi connectivity index (χ0v) is 12.0. The van der Waals surface area contributed by atoms with Gasteiger partial charge in [-0.2, -0.15) is 11.8 Å². The van der Waals surface area contributed by atoms with Crippen molar-refractivity contribution in [3.05, 3.63) is 18.2 Å². The summed E-state index contributed by atoms with van der Waals surface area (Å²) < 4.78 is 6.08. The van der Waals surface area contributed by atoms with Crippen LogP contribution in [0, 0.1) is 0 Å². The van der Waals surface area contributed by atoms with Crippen molar-refractivity contribution in [2.24, 2.45) is 0 Å². The van der Waals surface area contributed by atoms with Gasteiger partial charge in [0, 0.05) is 34.8 Å². The molecule has 1 aromatic carbocycles. The molecule has 0 bridgehead atoms. The highest BCUT2D eigenvalue weighted by molar-refractivity contribution is 8.00. The molecule has 0 amide bonds. The highest BCUT2D eigenvalue weighted by atomic mass is 32.2. The third kappa shape index (κ3) is 3.48. The van der Waals surface area contributed by atoms with Gasteiger partial charge in [0.2, 0.25) is 0 Å². The predicted molar refractivity (Wildman–Crippen MR) is 80.6 cm³/mol. The smallest absolute Gasteiger partial charge is 0.123 e. The molecule has 0 unspecified atom stereocenters. The van der Waals surface area contributed by atoms with Crippen molar-refractivity contribution in [2.75, 3.05) is 30.5 Å². The first-order valence-electron chi connectivity index (χ1n) is 6.50. The number of ether oxygens (including phenoxy) is 1. The number of anilines is 2. The van der Waals surface area contributed by atoms with Gasteiger partial charge >= 0.3 is 0 Å². The molecule has 0 spiro atoms. The highest BCUT2D eigenvalue weighted by Crippen LogP contribution is 2.47. The first-order valence-corrected chi connectivity index (χ1v) is 7.72. The second-order valence-electron chi connectivity index (χ2n) is 4.88. The molecule has 0 atom stereocenters. The summed E-state index contributed by atoms with van der Waals surface area (Å²) in [5.74, 6) is 0.855. The maximum atomic E-state index is 5.89. The number of nitrogen functional groups attached to an aromatic ring is 1. The van der Waals surface area contributed by atoms with Gasteiger partial charge in [-0.05, 0) is 31.6 Å². The third-order valence-electron chi connectivity index (χ3n) is 3.26. The van der Waals surface area contributed by atoms with E-state index in [1.165, 1.54) is 12.8 Å². The molecular formula is C14H22N2OS. The summed E-state index contributed by atoms with van der Waals surface area (Å²) in [6, 6.07) is 5.87. The molecule has 1 fully saturated rings. The van der Waals surface area contributed by atoms with Crippen LogP contribution in [0.1, 0.15) is 26.2 Å². The van der Waals surface area contributed by atoms with Crippen LogP contribution in [0.2, 0.25) is 0 Å². The van der Waals surface area contributed by atoms with Crippen molar-refractivity contribution in [1.29, 1.82) is 0 Å². The maximum absolute atomic E-state index is 5.89. The summed E-state index contributed by atoms with van der Waals surface area (Å²) in [6.45, 7) is 3.84. The molecule has 0 saturated heterocycles. The molecule has 1 aliphatic rings. The Hall–Kier alpha value is -1.03. The molecule has 4 heteroatoms. The topological polar surface area (TPSA) is 47.3 Å².